The molecule has 7 heteroatoms. The van der Waals surface area contributed by atoms with Crippen molar-refractivity contribution in [1.82, 2.24) is 15.1 Å². The van der Waals surface area contributed by atoms with Gasteiger partial charge in [-0.15, -0.1) is 0 Å². The average Bonchev–Trinajstić information content (AvgIpc) is 3.03. The molecule has 6 nitrogen and oxygen atoms in total. The van der Waals surface area contributed by atoms with Crippen LogP contribution in [0.25, 0.3) is 21.7 Å². The fraction of sp³-hybridized carbons (Fsp3) is 0.357. The molecule has 0 bridgehead atoms. The summed E-state index contributed by atoms with van der Waals surface area (Å²) in [4.78, 5) is 8.66. The number of thiazole rings is 1. The number of fused-ring (bicyclic) bond motifs is 1. The molecule has 1 aromatic carbocycles. The first kappa shape index (κ1) is 14.0. The second-order valence-corrected chi connectivity index (χ2v) is 6.15. The summed E-state index contributed by atoms with van der Waals surface area (Å²) in [5.74, 6) is 1.30. The molecule has 0 aliphatic heterocycles. The van der Waals surface area contributed by atoms with Crippen molar-refractivity contribution in [3.05, 3.63) is 24.0 Å². The predicted molar refractivity (Wildman–Crippen MR) is 81.9 cm³/mol. The lowest BCUT2D eigenvalue weighted by atomic mass is 10.1. The summed E-state index contributed by atoms with van der Waals surface area (Å²) in [5, 5.41) is 4.57. The van der Waals surface area contributed by atoms with E-state index in [0.717, 1.165) is 15.8 Å². The second kappa shape index (κ2) is 5.42. The summed E-state index contributed by atoms with van der Waals surface area (Å²) in [5.41, 5.74) is 7.44. The first-order valence-corrected chi connectivity index (χ1v) is 7.43. The van der Waals surface area contributed by atoms with Crippen molar-refractivity contribution >= 4 is 26.7 Å². The van der Waals surface area contributed by atoms with Gasteiger partial charge in [-0.25, -0.2) is 4.98 Å². The fourth-order valence-corrected chi connectivity index (χ4v) is 2.99. The Morgan fingerprint density at radius 1 is 1.29 bits per heavy atom. The van der Waals surface area contributed by atoms with Gasteiger partial charge >= 0.3 is 0 Å². The van der Waals surface area contributed by atoms with Crippen molar-refractivity contribution in [2.45, 2.75) is 20.0 Å². The molecule has 0 saturated carbocycles. The minimum absolute atomic E-state index is 0.176. The Labute approximate surface area is 125 Å². The van der Waals surface area contributed by atoms with Gasteiger partial charge in [0.25, 0.3) is 5.89 Å². The summed E-state index contributed by atoms with van der Waals surface area (Å²) in [7, 11) is 1.65. The monoisotopic (exact) mass is 304 g/mol. The Balaban J connectivity index is 1.97. The maximum atomic E-state index is 5.71. The molecule has 110 valence electrons. The summed E-state index contributed by atoms with van der Waals surface area (Å²) >= 11 is 1.44. The minimum Gasteiger partial charge on any atom is -0.375 e. The Bertz CT molecular complexity index is 765. The van der Waals surface area contributed by atoms with Crippen LogP contribution in [0, 0.1) is 5.92 Å². The number of nitrogen functional groups attached to an aromatic ring is 1. The Kier molecular flexibility index (Phi) is 3.60. The van der Waals surface area contributed by atoms with Gasteiger partial charge in [0.2, 0.25) is 5.82 Å². The quantitative estimate of drug-likeness (QED) is 0.796. The molecular formula is C14H16N4O2S. The number of benzene rings is 1. The van der Waals surface area contributed by atoms with E-state index in [4.69, 9.17) is 15.0 Å². The van der Waals surface area contributed by atoms with Crippen LogP contribution in [-0.2, 0) is 4.74 Å². The topological polar surface area (TPSA) is 87.1 Å². The van der Waals surface area contributed by atoms with E-state index >= 15 is 0 Å². The molecule has 1 atom stereocenters. The number of nitrogens with zero attached hydrogens (tertiary/aromatic N) is 3. The SMILES string of the molecule is COC(c1noc(-c2ccc3nc(N)sc3c2)n1)C(C)C. The van der Waals surface area contributed by atoms with E-state index in [9.17, 15) is 0 Å². The van der Waals surface area contributed by atoms with Gasteiger partial charge in [0.05, 0.1) is 10.2 Å². The van der Waals surface area contributed by atoms with Gasteiger partial charge in [-0.2, -0.15) is 4.98 Å². The molecule has 0 radical (unpaired) electrons. The van der Waals surface area contributed by atoms with Crippen LogP contribution in [0.4, 0.5) is 5.13 Å². The van der Waals surface area contributed by atoms with Crippen molar-refractivity contribution in [1.29, 1.82) is 0 Å². The summed E-state index contributed by atoms with van der Waals surface area (Å²) < 4.78 is 11.8. The molecule has 0 fully saturated rings. The van der Waals surface area contributed by atoms with E-state index in [-0.39, 0.29) is 12.0 Å². The third-order valence-electron chi connectivity index (χ3n) is 3.21. The number of hydrogen-bond acceptors (Lipinski definition) is 7. The molecule has 1 unspecified atom stereocenters. The van der Waals surface area contributed by atoms with E-state index in [0.29, 0.717) is 16.8 Å². The van der Waals surface area contributed by atoms with Crippen LogP contribution in [0.15, 0.2) is 22.7 Å². The van der Waals surface area contributed by atoms with Gasteiger partial charge in [0.1, 0.15) is 6.10 Å². The number of methoxy groups -OCH3 is 1. The van der Waals surface area contributed by atoms with E-state index < -0.39 is 0 Å². The Morgan fingerprint density at radius 2 is 2.10 bits per heavy atom. The Morgan fingerprint density at radius 3 is 2.81 bits per heavy atom. The number of anilines is 1. The second-order valence-electron chi connectivity index (χ2n) is 5.09. The van der Waals surface area contributed by atoms with Gasteiger partial charge < -0.3 is 15.0 Å². The van der Waals surface area contributed by atoms with E-state index in [1.165, 1.54) is 11.3 Å². The molecule has 0 aliphatic rings. The average molecular weight is 304 g/mol. The predicted octanol–water partition coefficient (Wildman–Crippen LogP) is 3.27. The molecule has 21 heavy (non-hydrogen) atoms. The maximum absolute atomic E-state index is 5.71. The van der Waals surface area contributed by atoms with Crippen molar-refractivity contribution in [3.8, 4) is 11.5 Å². The molecule has 2 heterocycles. The standard InChI is InChI=1S/C14H16N4O2S/c1-7(2)11(19-3)12-17-13(20-18-12)8-4-5-9-10(6-8)21-14(15)16-9/h4-7,11H,1-3H3,(H2,15,16). The molecule has 0 aliphatic carbocycles. The van der Waals surface area contributed by atoms with E-state index in [1.807, 2.05) is 18.2 Å². The first-order chi connectivity index (χ1) is 10.1. The van der Waals surface area contributed by atoms with E-state index in [1.54, 1.807) is 7.11 Å². The largest absolute Gasteiger partial charge is 0.375 e. The molecule has 3 aromatic rings. The molecule has 0 spiro atoms. The van der Waals surface area contributed by atoms with Crippen LogP contribution in [0.3, 0.4) is 0 Å². The zero-order valence-electron chi connectivity index (χ0n) is 12.0. The highest BCUT2D eigenvalue weighted by molar-refractivity contribution is 7.22. The highest BCUT2D eigenvalue weighted by atomic mass is 32.1. The lowest BCUT2D eigenvalue weighted by Crippen LogP contribution is -2.10. The van der Waals surface area contributed by atoms with Crippen LogP contribution in [0.2, 0.25) is 0 Å². The number of rotatable bonds is 4. The van der Waals surface area contributed by atoms with Crippen molar-refractivity contribution in [2.24, 2.45) is 5.92 Å². The number of hydrogen-bond donors (Lipinski definition) is 1. The minimum atomic E-state index is -0.176. The van der Waals surface area contributed by atoms with Gasteiger partial charge in [0, 0.05) is 12.7 Å². The molecule has 2 aromatic heterocycles. The highest BCUT2D eigenvalue weighted by Crippen LogP contribution is 2.30. The number of nitrogens with two attached hydrogens (primary N) is 1. The normalized spacial score (nSPS) is 13.1. The van der Waals surface area contributed by atoms with Crippen molar-refractivity contribution in [2.75, 3.05) is 12.8 Å². The molecule has 2 N–H and O–H groups in total. The van der Waals surface area contributed by atoms with E-state index in [2.05, 4.69) is 29.0 Å². The van der Waals surface area contributed by atoms with Gasteiger partial charge in [-0.1, -0.05) is 30.3 Å². The summed E-state index contributed by atoms with van der Waals surface area (Å²) in [6, 6.07) is 5.76. The number of ether oxygens (including phenoxy) is 1. The van der Waals surface area contributed by atoms with Gasteiger partial charge in [-0.05, 0) is 24.1 Å². The van der Waals surface area contributed by atoms with Crippen LogP contribution >= 0.6 is 11.3 Å². The first-order valence-electron chi connectivity index (χ1n) is 6.61. The summed E-state index contributed by atoms with van der Waals surface area (Å²) in [6.45, 7) is 4.10. The molecule has 3 rings (SSSR count). The van der Waals surface area contributed by atoms with Gasteiger partial charge in [-0.3, -0.25) is 0 Å². The third-order valence-corrected chi connectivity index (χ3v) is 4.05. The van der Waals surface area contributed by atoms with Gasteiger partial charge in [0.15, 0.2) is 5.13 Å². The van der Waals surface area contributed by atoms with Crippen LogP contribution < -0.4 is 5.73 Å². The highest BCUT2D eigenvalue weighted by Gasteiger charge is 2.22. The smallest absolute Gasteiger partial charge is 0.258 e. The summed E-state index contributed by atoms with van der Waals surface area (Å²) in [6.07, 6.45) is -0.176. The zero-order chi connectivity index (χ0) is 15.0. The molecule has 0 saturated heterocycles. The lowest BCUT2D eigenvalue weighted by Gasteiger charge is -2.14. The van der Waals surface area contributed by atoms with Crippen LogP contribution in [-0.4, -0.2) is 22.2 Å². The third kappa shape index (κ3) is 2.62. The maximum Gasteiger partial charge on any atom is 0.258 e. The van der Waals surface area contributed by atoms with Crippen LogP contribution in [0.1, 0.15) is 25.8 Å². The Hall–Kier alpha value is -1.99. The van der Waals surface area contributed by atoms with Crippen molar-refractivity contribution < 1.29 is 9.26 Å². The molecular weight excluding hydrogens is 288 g/mol. The number of aromatic nitrogens is 3. The zero-order valence-corrected chi connectivity index (χ0v) is 12.8. The van der Waals surface area contributed by atoms with Crippen LogP contribution in [0.5, 0.6) is 0 Å². The molecule has 0 amide bonds. The van der Waals surface area contributed by atoms with Crippen molar-refractivity contribution in [3.63, 3.8) is 0 Å². The fourth-order valence-electron chi connectivity index (χ4n) is 2.22. The lowest BCUT2D eigenvalue weighted by molar-refractivity contribution is 0.0556.